The summed E-state index contributed by atoms with van der Waals surface area (Å²) in [5.74, 6) is 0.472. The summed E-state index contributed by atoms with van der Waals surface area (Å²) in [6.07, 6.45) is 1.30. The zero-order chi connectivity index (χ0) is 17.1. The summed E-state index contributed by atoms with van der Waals surface area (Å²) < 4.78 is 15.5. The molecule has 0 aliphatic carbocycles. The van der Waals surface area contributed by atoms with Crippen LogP contribution in [0.15, 0.2) is 30.5 Å². The average molecular weight is 333 g/mol. The Morgan fingerprint density at radius 3 is 2.58 bits per heavy atom. The lowest BCUT2D eigenvalue weighted by atomic mass is 10.2. The Kier molecular flexibility index (Phi) is 4.75. The van der Waals surface area contributed by atoms with Crippen LogP contribution < -0.4 is 4.90 Å². The average Bonchev–Trinajstić information content (AvgIpc) is 2.95. The molecule has 1 aromatic heterocycles. The minimum atomic E-state index is -0.407. The maximum absolute atomic E-state index is 13.8. The summed E-state index contributed by atoms with van der Waals surface area (Å²) in [7, 11) is 0. The first-order valence-electron chi connectivity index (χ1n) is 7.94. The molecule has 0 amide bonds. The number of piperazine rings is 1. The summed E-state index contributed by atoms with van der Waals surface area (Å²) in [6, 6.07) is 6.80. The van der Waals surface area contributed by atoms with Gasteiger partial charge in [0, 0.05) is 39.6 Å². The fraction of sp³-hybridized carbons (Fsp3) is 0.438. The van der Waals surface area contributed by atoms with Crippen LogP contribution in [-0.2, 0) is 6.54 Å². The Hall–Kier alpha value is -2.48. The molecule has 1 aliphatic rings. The van der Waals surface area contributed by atoms with Gasteiger partial charge in [-0.2, -0.15) is 0 Å². The second-order valence-electron chi connectivity index (χ2n) is 5.85. The van der Waals surface area contributed by atoms with E-state index in [1.807, 2.05) is 11.0 Å². The number of rotatable bonds is 5. The van der Waals surface area contributed by atoms with E-state index in [2.05, 4.69) is 9.88 Å². The second-order valence-corrected chi connectivity index (χ2v) is 5.85. The van der Waals surface area contributed by atoms with Crippen molar-refractivity contribution in [2.75, 3.05) is 37.6 Å². The maximum Gasteiger partial charge on any atom is 0.342 e. The van der Waals surface area contributed by atoms with Crippen molar-refractivity contribution in [2.24, 2.45) is 0 Å². The zero-order valence-corrected chi connectivity index (χ0v) is 13.6. The van der Waals surface area contributed by atoms with Crippen molar-refractivity contribution >= 4 is 11.5 Å². The van der Waals surface area contributed by atoms with Gasteiger partial charge in [-0.05, 0) is 17.1 Å². The van der Waals surface area contributed by atoms with Crippen LogP contribution in [-0.4, -0.2) is 52.1 Å². The van der Waals surface area contributed by atoms with Crippen molar-refractivity contribution in [1.82, 2.24) is 14.5 Å². The van der Waals surface area contributed by atoms with E-state index < -0.39 is 4.92 Å². The van der Waals surface area contributed by atoms with Crippen LogP contribution in [0.1, 0.15) is 5.82 Å². The molecule has 0 unspecified atom stereocenters. The largest absolute Gasteiger partial charge is 0.367 e. The number of imidazole rings is 1. The Balaban J connectivity index is 1.56. The quantitative estimate of drug-likeness (QED) is 0.619. The highest BCUT2D eigenvalue weighted by atomic mass is 19.1. The molecule has 128 valence electrons. The van der Waals surface area contributed by atoms with Gasteiger partial charge in [0.15, 0.2) is 5.82 Å². The highest BCUT2D eigenvalue weighted by Gasteiger charge is 2.22. The van der Waals surface area contributed by atoms with Gasteiger partial charge in [-0.3, -0.25) is 4.90 Å². The van der Waals surface area contributed by atoms with Crippen LogP contribution in [0.5, 0.6) is 0 Å². The van der Waals surface area contributed by atoms with Crippen LogP contribution in [0.3, 0.4) is 0 Å². The molecular formula is C16H20FN5O2. The number of halogens is 1. The van der Waals surface area contributed by atoms with E-state index in [0.717, 1.165) is 26.2 Å². The Morgan fingerprint density at radius 1 is 1.21 bits per heavy atom. The van der Waals surface area contributed by atoms with Crippen LogP contribution in [0.25, 0.3) is 0 Å². The normalized spacial score (nSPS) is 15.7. The topological polar surface area (TPSA) is 67.4 Å². The van der Waals surface area contributed by atoms with Crippen molar-refractivity contribution in [2.45, 2.75) is 13.5 Å². The van der Waals surface area contributed by atoms with E-state index in [0.29, 0.717) is 24.6 Å². The molecule has 7 nitrogen and oxygen atoms in total. The number of hydrogen-bond donors (Lipinski definition) is 0. The molecule has 0 saturated carbocycles. The molecule has 0 N–H and O–H groups in total. The first-order valence-corrected chi connectivity index (χ1v) is 7.94. The first kappa shape index (κ1) is 16.4. The Labute approximate surface area is 139 Å². The summed E-state index contributed by atoms with van der Waals surface area (Å²) in [5.41, 5.74) is 0.637. The molecule has 24 heavy (non-hydrogen) atoms. The first-order chi connectivity index (χ1) is 11.6. The van der Waals surface area contributed by atoms with Crippen molar-refractivity contribution in [1.29, 1.82) is 0 Å². The minimum absolute atomic E-state index is 0.0255. The maximum atomic E-state index is 13.8. The van der Waals surface area contributed by atoms with Gasteiger partial charge in [-0.1, -0.05) is 12.1 Å². The molecule has 1 saturated heterocycles. The summed E-state index contributed by atoms with van der Waals surface area (Å²) >= 11 is 0. The number of anilines is 1. The number of para-hydroxylation sites is 1. The fourth-order valence-electron chi connectivity index (χ4n) is 3.04. The molecule has 2 heterocycles. The molecule has 2 aromatic rings. The Bertz CT molecular complexity index is 725. The standard InChI is InChI=1S/C16H20FN5O2/c1-13-18-12-16(22(23)24)21(13)11-8-19-6-9-20(10-7-19)15-5-3-2-4-14(15)17/h2-5,12H,6-11H2,1H3. The highest BCUT2D eigenvalue weighted by molar-refractivity contribution is 5.47. The van der Waals surface area contributed by atoms with Crippen LogP contribution >= 0.6 is 0 Å². The van der Waals surface area contributed by atoms with Crippen molar-refractivity contribution in [3.8, 4) is 0 Å². The van der Waals surface area contributed by atoms with E-state index in [1.165, 1.54) is 12.3 Å². The van der Waals surface area contributed by atoms with Crippen molar-refractivity contribution in [3.63, 3.8) is 0 Å². The third-order valence-electron chi connectivity index (χ3n) is 4.43. The zero-order valence-electron chi connectivity index (χ0n) is 13.6. The van der Waals surface area contributed by atoms with Crippen LogP contribution in [0, 0.1) is 22.9 Å². The van der Waals surface area contributed by atoms with Gasteiger partial charge < -0.3 is 15.0 Å². The number of aryl methyl sites for hydroxylation is 1. The number of aromatic nitrogens is 2. The molecule has 1 aromatic carbocycles. The molecule has 1 aliphatic heterocycles. The van der Waals surface area contributed by atoms with E-state index in [4.69, 9.17) is 0 Å². The van der Waals surface area contributed by atoms with Crippen LogP contribution in [0.4, 0.5) is 15.9 Å². The lowest BCUT2D eigenvalue weighted by Crippen LogP contribution is -2.47. The predicted octanol–water partition coefficient (Wildman–Crippen LogP) is 2.06. The molecule has 0 bridgehead atoms. The highest BCUT2D eigenvalue weighted by Crippen LogP contribution is 2.20. The molecule has 0 atom stereocenters. The number of hydrogen-bond acceptors (Lipinski definition) is 5. The summed E-state index contributed by atoms with van der Waals surface area (Å²) in [4.78, 5) is 18.9. The Morgan fingerprint density at radius 2 is 1.92 bits per heavy atom. The van der Waals surface area contributed by atoms with Gasteiger partial charge in [0.25, 0.3) is 0 Å². The molecule has 1 fully saturated rings. The predicted molar refractivity (Wildman–Crippen MR) is 88.7 cm³/mol. The lowest BCUT2D eigenvalue weighted by molar-refractivity contribution is -0.392. The van der Waals surface area contributed by atoms with Gasteiger partial charge in [-0.25, -0.2) is 13.9 Å². The van der Waals surface area contributed by atoms with E-state index in [-0.39, 0.29) is 11.6 Å². The monoisotopic (exact) mass is 333 g/mol. The third kappa shape index (κ3) is 3.38. The fourth-order valence-corrected chi connectivity index (χ4v) is 3.04. The van der Waals surface area contributed by atoms with Crippen molar-refractivity contribution in [3.05, 3.63) is 52.2 Å². The minimum Gasteiger partial charge on any atom is -0.367 e. The van der Waals surface area contributed by atoms with Crippen LogP contribution in [0.2, 0.25) is 0 Å². The van der Waals surface area contributed by atoms with Gasteiger partial charge >= 0.3 is 5.82 Å². The van der Waals surface area contributed by atoms with E-state index in [1.54, 1.807) is 23.6 Å². The number of nitrogens with zero attached hydrogens (tertiary/aromatic N) is 5. The van der Waals surface area contributed by atoms with E-state index in [9.17, 15) is 14.5 Å². The number of nitro groups is 1. The summed E-state index contributed by atoms with van der Waals surface area (Å²) in [6.45, 7) is 6.09. The van der Waals surface area contributed by atoms with Gasteiger partial charge in [0.05, 0.1) is 5.69 Å². The molecule has 0 radical (unpaired) electrons. The lowest BCUT2D eigenvalue weighted by Gasteiger charge is -2.35. The third-order valence-corrected chi connectivity index (χ3v) is 4.43. The molecule has 3 rings (SSSR count). The van der Waals surface area contributed by atoms with E-state index >= 15 is 0 Å². The molecule has 0 spiro atoms. The number of benzene rings is 1. The smallest absolute Gasteiger partial charge is 0.342 e. The second kappa shape index (κ2) is 6.96. The SMILES string of the molecule is Cc1ncc([N+](=O)[O-])n1CCN1CCN(c2ccccc2F)CC1. The summed E-state index contributed by atoms with van der Waals surface area (Å²) in [5, 5.41) is 11.0. The van der Waals surface area contributed by atoms with Gasteiger partial charge in [0.2, 0.25) is 0 Å². The molecule has 8 heteroatoms. The van der Waals surface area contributed by atoms with Gasteiger partial charge in [0.1, 0.15) is 18.6 Å². The molecular weight excluding hydrogens is 313 g/mol. The van der Waals surface area contributed by atoms with Gasteiger partial charge in [-0.15, -0.1) is 0 Å². The van der Waals surface area contributed by atoms with Crippen molar-refractivity contribution < 1.29 is 9.31 Å².